The van der Waals surface area contributed by atoms with Crippen LogP contribution < -0.4 is 15.2 Å². The molecule has 5 nitrogen and oxygen atoms in total. The zero-order valence-electron chi connectivity index (χ0n) is 9.45. The largest absolute Gasteiger partial charge is 0.493 e. The van der Waals surface area contributed by atoms with E-state index in [1.807, 2.05) is 0 Å². The Labute approximate surface area is 97.3 Å². The van der Waals surface area contributed by atoms with Crippen molar-refractivity contribution in [2.75, 3.05) is 20.0 Å². The van der Waals surface area contributed by atoms with Crippen molar-refractivity contribution in [3.63, 3.8) is 0 Å². The fourth-order valence-electron chi connectivity index (χ4n) is 1.54. The van der Waals surface area contributed by atoms with Crippen LogP contribution in [-0.2, 0) is 0 Å². The molecule has 6 heteroatoms. The summed E-state index contributed by atoms with van der Waals surface area (Å²) < 4.78 is 23.9. The van der Waals surface area contributed by atoms with Crippen LogP contribution in [0.15, 0.2) is 18.2 Å². The normalized spacial score (nSPS) is 10.3. The number of nitrogens with one attached hydrogen (secondary N) is 1. The number of nitrogen functional groups attached to an aromatic ring is 1. The molecule has 1 aromatic heterocycles. The zero-order chi connectivity index (χ0) is 12.4. The topological polar surface area (TPSA) is 73.2 Å². The van der Waals surface area contributed by atoms with Crippen LogP contribution in [0.25, 0.3) is 11.3 Å². The summed E-state index contributed by atoms with van der Waals surface area (Å²) in [5.41, 5.74) is 6.28. The number of rotatable bonds is 3. The number of aromatic amines is 1. The molecule has 0 saturated heterocycles. The van der Waals surface area contributed by atoms with Gasteiger partial charge < -0.3 is 15.2 Å². The number of hydrogen-bond acceptors (Lipinski definition) is 4. The number of aromatic nitrogens is 2. The summed E-state index contributed by atoms with van der Waals surface area (Å²) in [7, 11) is 2.94. The van der Waals surface area contributed by atoms with Crippen molar-refractivity contribution >= 4 is 5.82 Å². The van der Waals surface area contributed by atoms with Gasteiger partial charge in [-0.25, -0.2) is 4.39 Å². The van der Waals surface area contributed by atoms with Crippen molar-refractivity contribution in [3.8, 4) is 22.8 Å². The van der Waals surface area contributed by atoms with Crippen LogP contribution in [0.4, 0.5) is 10.2 Å². The fourth-order valence-corrected chi connectivity index (χ4v) is 1.54. The Hall–Kier alpha value is -2.24. The minimum Gasteiger partial charge on any atom is -0.493 e. The number of methoxy groups -OCH3 is 2. The molecule has 0 amide bonds. The molecule has 0 aliphatic carbocycles. The number of hydrogen-bond donors (Lipinski definition) is 2. The first kappa shape index (κ1) is 11.3. The molecule has 3 N–H and O–H groups in total. The van der Waals surface area contributed by atoms with Gasteiger partial charge in [-0.15, -0.1) is 0 Å². The van der Waals surface area contributed by atoms with Gasteiger partial charge >= 0.3 is 0 Å². The maximum atomic E-state index is 13.8. The number of halogens is 1. The molecule has 0 radical (unpaired) electrons. The highest BCUT2D eigenvalue weighted by Gasteiger charge is 2.14. The fraction of sp³-hybridized carbons (Fsp3) is 0.182. The quantitative estimate of drug-likeness (QED) is 0.853. The lowest BCUT2D eigenvalue weighted by molar-refractivity contribution is 0.352. The summed E-state index contributed by atoms with van der Waals surface area (Å²) in [5.74, 6) is 0.638. The minimum absolute atomic E-state index is 0.300. The first-order valence-electron chi connectivity index (χ1n) is 4.88. The number of H-pyrrole nitrogens is 1. The molecule has 0 aliphatic heterocycles. The molecular formula is C11H12FN3O2. The summed E-state index contributed by atoms with van der Waals surface area (Å²) in [6.45, 7) is 0. The zero-order valence-corrected chi connectivity index (χ0v) is 9.45. The van der Waals surface area contributed by atoms with Gasteiger partial charge in [-0.05, 0) is 6.07 Å². The van der Waals surface area contributed by atoms with Crippen LogP contribution in [0.1, 0.15) is 0 Å². The second-order valence-electron chi connectivity index (χ2n) is 3.39. The second kappa shape index (κ2) is 4.32. The molecule has 17 heavy (non-hydrogen) atoms. The van der Waals surface area contributed by atoms with E-state index < -0.39 is 5.82 Å². The first-order chi connectivity index (χ1) is 8.15. The Balaban J connectivity index is 2.55. The van der Waals surface area contributed by atoms with E-state index in [4.69, 9.17) is 15.2 Å². The van der Waals surface area contributed by atoms with Gasteiger partial charge in [-0.1, -0.05) is 0 Å². The SMILES string of the molecule is COc1cc(F)c(-c2cc(N)n[nH]2)cc1OC. The number of nitrogens with two attached hydrogens (primary N) is 1. The van der Waals surface area contributed by atoms with Crippen LogP contribution in [0.5, 0.6) is 11.5 Å². The number of benzene rings is 1. The summed E-state index contributed by atoms with van der Waals surface area (Å²) in [6.07, 6.45) is 0. The van der Waals surface area contributed by atoms with Gasteiger partial charge in [0.1, 0.15) is 11.6 Å². The Morgan fingerprint density at radius 3 is 2.35 bits per heavy atom. The van der Waals surface area contributed by atoms with Crippen molar-refractivity contribution in [2.45, 2.75) is 0 Å². The minimum atomic E-state index is -0.439. The summed E-state index contributed by atoms with van der Waals surface area (Å²) in [6, 6.07) is 4.33. The Morgan fingerprint density at radius 2 is 1.82 bits per heavy atom. The predicted octanol–water partition coefficient (Wildman–Crippen LogP) is 1.82. The van der Waals surface area contributed by atoms with Crippen LogP contribution >= 0.6 is 0 Å². The number of anilines is 1. The van der Waals surface area contributed by atoms with E-state index in [9.17, 15) is 4.39 Å². The lowest BCUT2D eigenvalue weighted by Crippen LogP contribution is -1.94. The highest BCUT2D eigenvalue weighted by Crippen LogP contribution is 2.34. The maximum Gasteiger partial charge on any atom is 0.163 e. The van der Waals surface area contributed by atoms with Gasteiger partial charge in [-0.2, -0.15) is 5.10 Å². The van der Waals surface area contributed by atoms with Crippen molar-refractivity contribution in [2.24, 2.45) is 0 Å². The maximum absolute atomic E-state index is 13.8. The van der Waals surface area contributed by atoms with Gasteiger partial charge in [0.15, 0.2) is 11.5 Å². The van der Waals surface area contributed by atoms with E-state index in [1.165, 1.54) is 26.4 Å². The van der Waals surface area contributed by atoms with E-state index >= 15 is 0 Å². The van der Waals surface area contributed by atoms with E-state index in [2.05, 4.69) is 10.2 Å². The van der Waals surface area contributed by atoms with Crippen LogP contribution in [0, 0.1) is 5.82 Å². The monoisotopic (exact) mass is 237 g/mol. The molecule has 0 saturated carbocycles. The van der Waals surface area contributed by atoms with Crippen molar-refractivity contribution in [1.82, 2.24) is 10.2 Å². The van der Waals surface area contributed by atoms with Crippen LogP contribution in [-0.4, -0.2) is 24.4 Å². The molecule has 0 fully saturated rings. The first-order valence-corrected chi connectivity index (χ1v) is 4.88. The average Bonchev–Trinajstić information content (AvgIpc) is 2.75. The molecule has 0 spiro atoms. The van der Waals surface area contributed by atoms with Crippen molar-refractivity contribution in [1.29, 1.82) is 0 Å². The molecule has 0 bridgehead atoms. The average molecular weight is 237 g/mol. The standard InChI is InChI=1S/C11H12FN3O2/c1-16-9-3-6(7(12)4-10(9)17-2)8-5-11(13)15-14-8/h3-5H,1-2H3,(H3,13,14,15). The van der Waals surface area contributed by atoms with E-state index in [-0.39, 0.29) is 0 Å². The Kier molecular flexibility index (Phi) is 2.86. The van der Waals surface area contributed by atoms with Gasteiger partial charge in [0.25, 0.3) is 0 Å². The lowest BCUT2D eigenvalue weighted by atomic mass is 10.1. The molecule has 0 unspecified atom stereocenters. The third-order valence-electron chi connectivity index (χ3n) is 2.36. The second-order valence-corrected chi connectivity index (χ2v) is 3.39. The van der Waals surface area contributed by atoms with E-state index in [0.717, 1.165) is 0 Å². The summed E-state index contributed by atoms with van der Waals surface area (Å²) in [4.78, 5) is 0. The van der Waals surface area contributed by atoms with Gasteiger partial charge in [0.2, 0.25) is 0 Å². The third-order valence-corrected chi connectivity index (χ3v) is 2.36. The van der Waals surface area contributed by atoms with E-state index in [1.54, 1.807) is 6.07 Å². The molecule has 2 rings (SSSR count). The molecule has 0 atom stereocenters. The van der Waals surface area contributed by atoms with Gasteiger partial charge in [0.05, 0.1) is 19.9 Å². The highest BCUT2D eigenvalue weighted by atomic mass is 19.1. The smallest absolute Gasteiger partial charge is 0.163 e. The predicted molar refractivity (Wildman–Crippen MR) is 61.5 cm³/mol. The van der Waals surface area contributed by atoms with Crippen LogP contribution in [0.2, 0.25) is 0 Å². The molecule has 90 valence electrons. The Bertz CT molecular complexity index is 540. The molecule has 1 aromatic carbocycles. The molecule has 2 aromatic rings. The van der Waals surface area contributed by atoms with Gasteiger partial charge in [0, 0.05) is 17.7 Å². The van der Waals surface area contributed by atoms with Crippen molar-refractivity contribution < 1.29 is 13.9 Å². The molecule has 1 heterocycles. The summed E-state index contributed by atoms with van der Waals surface area (Å²) in [5, 5.41) is 6.39. The third kappa shape index (κ3) is 2.01. The van der Waals surface area contributed by atoms with Gasteiger partial charge in [-0.3, -0.25) is 5.10 Å². The highest BCUT2D eigenvalue weighted by molar-refractivity contribution is 5.66. The Morgan fingerprint density at radius 1 is 1.18 bits per heavy atom. The molecule has 0 aliphatic rings. The molecular weight excluding hydrogens is 225 g/mol. The van der Waals surface area contributed by atoms with E-state index in [0.29, 0.717) is 28.6 Å². The number of ether oxygens (including phenoxy) is 2. The van der Waals surface area contributed by atoms with Crippen molar-refractivity contribution in [3.05, 3.63) is 24.0 Å². The summed E-state index contributed by atoms with van der Waals surface area (Å²) >= 11 is 0. The lowest BCUT2D eigenvalue weighted by Gasteiger charge is -2.09. The van der Waals surface area contributed by atoms with Crippen LogP contribution in [0.3, 0.4) is 0 Å². The number of nitrogens with zero attached hydrogens (tertiary/aromatic N) is 1.